The minimum Gasteiger partial charge on any atom is -0.494 e. The number of Topliss-reactive ketones (excluding diaryl/α,β-unsaturated/α-hetero) is 1. The predicted molar refractivity (Wildman–Crippen MR) is 120 cm³/mol. The Morgan fingerprint density at radius 1 is 0.806 bits per heavy atom. The molecule has 0 N–H and O–H groups in total. The lowest BCUT2D eigenvalue weighted by Gasteiger charge is -2.17. The molecule has 194 valence electrons. The van der Waals surface area contributed by atoms with Crippen LogP contribution in [0.2, 0.25) is 0 Å². The van der Waals surface area contributed by atoms with Gasteiger partial charge in [-0.2, -0.15) is 0 Å². The molecule has 1 unspecified atom stereocenters. The Morgan fingerprint density at radius 3 is 1.72 bits per heavy atom. The van der Waals surface area contributed by atoms with Gasteiger partial charge >= 0.3 is 6.98 Å². The van der Waals surface area contributed by atoms with E-state index in [1.807, 2.05) is 25.1 Å². The molecule has 0 bridgehead atoms. The summed E-state index contributed by atoms with van der Waals surface area (Å²) in [7, 11) is -2.36. The van der Waals surface area contributed by atoms with Gasteiger partial charge in [0.05, 0.1) is 6.61 Å². The first-order chi connectivity index (χ1) is 16.7. The van der Waals surface area contributed by atoms with Gasteiger partial charge in [-0.3, -0.25) is 4.79 Å². The van der Waals surface area contributed by atoms with Crippen molar-refractivity contribution in [3.05, 3.63) is 89.2 Å². The minimum atomic E-state index is -6.30. The standard InChI is InChI=1S/C17H19O3S.C6BF8/c1-3-20-15-11-9-14(10-12-15)17(18)13-21(2,19)16-7-5-4-6-8-16;8-2-1(7(13,14)15)3(9)5(11)6(12)4(2)10/h4-12H,3,13H2,1-2H3;/q+1;-1. The molecule has 0 aliphatic heterocycles. The third kappa shape index (κ3) is 6.93. The van der Waals surface area contributed by atoms with E-state index in [1.54, 1.807) is 42.7 Å². The second-order valence-corrected chi connectivity index (χ2v) is 10.2. The van der Waals surface area contributed by atoms with Crippen LogP contribution in [-0.2, 0) is 14.1 Å². The normalized spacial score (nSPS) is 12.8. The molecule has 0 spiro atoms. The van der Waals surface area contributed by atoms with Crippen LogP contribution in [0.25, 0.3) is 0 Å². The van der Waals surface area contributed by atoms with Gasteiger partial charge < -0.3 is 17.7 Å². The van der Waals surface area contributed by atoms with Crippen molar-refractivity contribution in [1.82, 2.24) is 0 Å². The van der Waals surface area contributed by atoms with Gasteiger partial charge in [0.2, 0.25) is 5.78 Å². The first-order valence-corrected chi connectivity index (χ1v) is 12.3. The molecule has 0 heterocycles. The van der Waals surface area contributed by atoms with Crippen molar-refractivity contribution in [2.75, 3.05) is 18.6 Å². The molecule has 1 atom stereocenters. The van der Waals surface area contributed by atoms with E-state index in [0.29, 0.717) is 17.1 Å². The summed E-state index contributed by atoms with van der Waals surface area (Å²) in [6.07, 6.45) is 1.63. The number of carbonyl (C=O) groups is 1. The zero-order valence-electron chi connectivity index (χ0n) is 18.8. The van der Waals surface area contributed by atoms with E-state index in [9.17, 15) is 43.9 Å². The van der Waals surface area contributed by atoms with Crippen LogP contribution in [0.5, 0.6) is 5.75 Å². The Labute approximate surface area is 202 Å². The van der Waals surface area contributed by atoms with E-state index in [1.165, 1.54) is 0 Å². The van der Waals surface area contributed by atoms with Gasteiger partial charge in [-0.05, 0) is 48.8 Å². The Hall–Kier alpha value is -3.22. The average molecular weight is 538 g/mol. The maximum atomic E-state index is 12.7. The van der Waals surface area contributed by atoms with E-state index in [4.69, 9.17) is 4.74 Å². The van der Waals surface area contributed by atoms with E-state index in [-0.39, 0.29) is 11.5 Å². The highest BCUT2D eigenvalue weighted by atomic mass is 32.2. The molecule has 36 heavy (non-hydrogen) atoms. The average Bonchev–Trinajstić information content (AvgIpc) is 2.82. The second kappa shape index (κ2) is 11.7. The minimum absolute atomic E-state index is 0.0188. The summed E-state index contributed by atoms with van der Waals surface area (Å²) in [4.78, 5) is 13.0. The van der Waals surface area contributed by atoms with Crippen LogP contribution in [0.15, 0.2) is 59.5 Å². The summed E-state index contributed by atoms with van der Waals surface area (Å²) in [5, 5.41) is 0. The Bertz CT molecular complexity index is 1240. The summed E-state index contributed by atoms with van der Waals surface area (Å²) in [5.41, 5.74) is -2.17. The molecule has 0 aliphatic rings. The molecule has 0 saturated carbocycles. The zero-order chi connectivity index (χ0) is 27.3. The van der Waals surface area contributed by atoms with Crippen LogP contribution in [0.4, 0.5) is 34.9 Å². The highest BCUT2D eigenvalue weighted by Crippen LogP contribution is 2.22. The maximum absolute atomic E-state index is 12.7. The SMILES string of the molecule is CCOc1ccc(C(=O)C[S+](C)(=O)c2ccccc2)cc1.Fc1c(F)c(F)c([B-](F)(F)F)c(F)c1F. The first kappa shape index (κ1) is 29.0. The molecular weight excluding hydrogens is 519 g/mol. The van der Waals surface area contributed by atoms with E-state index in [0.717, 1.165) is 5.75 Å². The fraction of sp³-hybridized carbons (Fsp3) is 0.174. The van der Waals surface area contributed by atoms with Crippen LogP contribution in [0.1, 0.15) is 17.3 Å². The van der Waals surface area contributed by atoms with Gasteiger partial charge in [-0.1, -0.05) is 22.4 Å². The number of hydrogen-bond donors (Lipinski definition) is 0. The Kier molecular flexibility index (Phi) is 9.41. The number of rotatable bonds is 7. The van der Waals surface area contributed by atoms with E-state index in [2.05, 4.69) is 0 Å². The number of ether oxygens (including phenoxy) is 1. The molecule has 3 nitrogen and oxygen atoms in total. The molecule has 3 aromatic rings. The number of halogens is 8. The van der Waals surface area contributed by atoms with Crippen molar-refractivity contribution in [3.8, 4) is 5.75 Å². The molecular formula is C23H19BF8O3S. The topological polar surface area (TPSA) is 43.4 Å². The van der Waals surface area contributed by atoms with Crippen molar-refractivity contribution < 1.29 is 48.6 Å². The fourth-order valence-corrected chi connectivity index (χ4v) is 4.50. The van der Waals surface area contributed by atoms with Crippen molar-refractivity contribution in [2.45, 2.75) is 11.8 Å². The summed E-state index contributed by atoms with van der Waals surface area (Å²) in [6.45, 7) is -3.81. The largest absolute Gasteiger partial charge is 0.515 e. The highest BCUT2D eigenvalue weighted by Gasteiger charge is 2.38. The predicted octanol–water partition coefficient (Wildman–Crippen LogP) is 5.89. The zero-order valence-corrected chi connectivity index (χ0v) is 19.7. The van der Waals surface area contributed by atoms with Gasteiger partial charge in [-0.15, -0.1) is 0 Å². The van der Waals surface area contributed by atoms with Crippen LogP contribution < -0.4 is 10.2 Å². The van der Waals surface area contributed by atoms with Crippen LogP contribution >= 0.6 is 0 Å². The molecule has 0 amide bonds. The molecule has 0 saturated heterocycles. The number of hydrogen-bond acceptors (Lipinski definition) is 3. The molecule has 3 aromatic carbocycles. The highest BCUT2D eigenvalue weighted by molar-refractivity contribution is 8.03. The molecule has 3 rings (SSSR count). The van der Waals surface area contributed by atoms with Gasteiger partial charge in [0.15, 0.2) is 28.1 Å². The van der Waals surface area contributed by atoms with Crippen molar-refractivity contribution in [1.29, 1.82) is 0 Å². The molecule has 0 radical (unpaired) electrons. The Morgan fingerprint density at radius 2 is 1.28 bits per heavy atom. The smallest absolute Gasteiger partial charge is 0.494 e. The summed E-state index contributed by atoms with van der Waals surface area (Å²) in [5.74, 6) is -12.9. The van der Waals surface area contributed by atoms with Crippen LogP contribution in [-0.4, -0.2) is 31.4 Å². The summed E-state index contributed by atoms with van der Waals surface area (Å²) >= 11 is 0. The lowest BCUT2D eigenvalue weighted by molar-refractivity contribution is 0.102. The van der Waals surface area contributed by atoms with Gasteiger partial charge in [-0.25, -0.2) is 22.0 Å². The lowest BCUT2D eigenvalue weighted by Crippen LogP contribution is -2.41. The number of ketones is 1. The number of carbonyl (C=O) groups excluding carboxylic acids is 1. The van der Waals surface area contributed by atoms with Crippen molar-refractivity contribution >= 4 is 28.2 Å². The van der Waals surface area contributed by atoms with Crippen molar-refractivity contribution in [3.63, 3.8) is 0 Å². The van der Waals surface area contributed by atoms with Crippen LogP contribution in [0, 0.1) is 29.1 Å². The molecule has 13 heteroatoms. The molecule has 0 aliphatic carbocycles. The van der Waals surface area contributed by atoms with Crippen LogP contribution in [0.3, 0.4) is 0 Å². The monoisotopic (exact) mass is 538 g/mol. The quantitative estimate of drug-likeness (QED) is 0.0941. The summed E-state index contributed by atoms with van der Waals surface area (Å²) in [6, 6.07) is 16.1. The molecule has 0 aromatic heterocycles. The van der Waals surface area contributed by atoms with E-state index >= 15 is 0 Å². The third-order valence-corrected chi connectivity index (χ3v) is 6.79. The summed E-state index contributed by atoms with van der Waals surface area (Å²) < 4.78 is 116. The van der Waals surface area contributed by atoms with Gasteiger partial charge in [0.25, 0.3) is 0 Å². The lowest BCUT2D eigenvalue weighted by atomic mass is 9.79. The van der Waals surface area contributed by atoms with Crippen molar-refractivity contribution in [2.24, 2.45) is 0 Å². The Balaban J connectivity index is 0.000000269. The first-order valence-electron chi connectivity index (χ1n) is 10.2. The maximum Gasteiger partial charge on any atom is 0.515 e. The second-order valence-electron chi connectivity index (χ2n) is 7.40. The van der Waals surface area contributed by atoms with Gasteiger partial charge in [0.1, 0.15) is 33.6 Å². The molecule has 0 fully saturated rings. The van der Waals surface area contributed by atoms with Gasteiger partial charge in [0, 0.05) is 5.56 Å². The third-order valence-electron chi connectivity index (χ3n) is 4.71. The fourth-order valence-electron chi connectivity index (χ4n) is 2.94. The van der Waals surface area contributed by atoms with E-state index < -0.39 is 51.5 Å². The number of benzene rings is 3.